The number of fused-ring (bicyclic) bond motifs is 5. The van der Waals surface area contributed by atoms with Crippen LogP contribution in [0.1, 0.15) is 41.7 Å². The Labute approximate surface area is 129 Å². The summed E-state index contributed by atoms with van der Waals surface area (Å²) < 4.78 is 7.11. The summed E-state index contributed by atoms with van der Waals surface area (Å²) in [6, 6.07) is 7.95. The monoisotopic (exact) mass is 297 g/mol. The number of carbonyl (C=O) groups is 2. The largest absolute Gasteiger partial charge is 0.468 e. The minimum atomic E-state index is -0.777. The molecule has 2 aliphatic carbocycles. The van der Waals surface area contributed by atoms with Gasteiger partial charge < -0.3 is 9.30 Å². The highest BCUT2D eigenvalue weighted by Gasteiger charge is 2.60. The first-order chi connectivity index (χ1) is 10.6. The topological polar surface area (TPSA) is 48.3 Å². The number of nitrogens with zero attached hydrogens (tertiary/aromatic N) is 1. The number of aromatic nitrogens is 1. The molecule has 0 aliphatic heterocycles. The molecular weight excluding hydrogens is 278 g/mol. The van der Waals surface area contributed by atoms with Gasteiger partial charge in [0.25, 0.3) is 0 Å². The molecule has 0 amide bonds. The number of para-hydroxylation sites is 1. The van der Waals surface area contributed by atoms with Gasteiger partial charge in [0.2, 0.25) is 0 Å². The summed E-state index contributed by atoms with van der Waals surface area (Å²) in [5.41, 5.74) is 1.85. The Morgan fingerprint density at radius 3 is 2.86 bits per heavy atom. The van der Waals surface area contributed by atoms with E-state index in [4.69, 9.17) is 4.74 Å². The molecule has 0 N–H and O–H groups in total. The minimum Gasteiger partial charge on any atom is -0.468 e. The van der Waals surface area contributed by atoms with Gasteiger partial charge in [-0.25, -0.2) is 0 Å². The maximum Gasteiger partial charge on any atom is 0.317 e. The highest BCUT2D eigenvalue weighted by atomic mass is 16.5. The molecule has 114 valence electrons. The van der Waals surface area contributed by atoms with E-state index in [-0.39, 0.29) is 17.7 Å². The molecule has 2 atom stereocenters. The molecule has 0 spiro atoms. The average molecular weight is 297 g/mol. The number of aryl methyl sites for hydroxylation is 1. The first-order valence-corrected chi connectivity index (χ1v) is 7.83. The van der Waals surface area contributed by atoms with E-state index in [2.05, 4.69) is 0 Å². The fraction of sp³-hybridized carbons (Fsp3) is 0.444. The summed E-state index contributed by atoms with van der Waals surface area (Å²) >= 11 is 0. The lowest BCUT2D eigenvalue weighted by Crippen LogP contribution is -2.44. The van der Waals surface area contributed by atoms with Gasteiger partial charge in [0.1, 0.15) is 5.41 Å². The van der Waals surface area contributed by atoms with Crippen LogP contribution in [0.4, 0.5) is 0 Å². The van der Waals surface area contributed by atoms with Crippen molar-refractivity contribution in [3.63, 3.8) is 0 Å². The van der Waals surface area contributed by atoms with Gasteiger partial charge in [-0.05, 0) is 18.9 Å². The van der Waals surface area contributed by atoms with Crippen LogP contribution in [-0.4, -0.2) is 23.4 Å². The van der Waals surface area contributed by atoms with Crippen LogP contribution in [0.2, 0.25) is 0 Å². The smallest absolute Gasteiger partial charge is 0.317 e. The van der Waals surface area contributed by atoms with Crippen LogP contribution in [0.5, 0.6) is 0 Å². The number of methoxy groups -OCH3 is 1. The Bertz CT molecular complexity index is 804. The number of hydrogen-bond donors (Lipinski definition) is 0. The van der Waals surface area contributed by atoms with Crippen molar-refractivity contribution in [1.82, 2.24) is 4.57 Å². The summed E-state index contributed by atoms with van der Waals surface area (Å²) in [5.74, 6) is -0.394. The molecule has 4 heteroatoms. The summed E-state index contributed by atoms with van der Waals surface area (Å²) in [4.78, 5) is 25.8. The second-order valence-electron chi connectivity index (χ2n) is 6.43. The van der Waals surface area contributed by atoms with E-state index < -0.39 is 5.41 Å². The summed E-state index contributed by atoms with van der Waals surface area (Å²) in [6.07, 6.45) is 3.44. The number of ketones is 1. The van der Waals surface area contributed by atoms with Gasteiger partial charge >= 0.3 is 5.97 Å². The Morgan fingerprint density at radius 2 is 2.09 bits per heavy atom. The van der Waals surface area contributed by atoms with Gasteiger partial charge in [-0.1, -0.05) is 31.0 Å². The Hall–Kier alpha value is -2.10. The Kier molecular flexibility index (Phi) is 2.74. The van der Waals surface area contributed by atoms with Crippen molar-refractivity contribution < 1.29 is 14.3 Å². The maximum absolute atomic E-state index is 13.0. The van der Waals surface area contributed by atoms with Crippen LogP contribution in [0.25, 0.3) is 10.9 Å². The fourth-order valence-corrected chi connectivity index (χ4v) is 4.65. The molecule has 0 unspecified atom stereocenters. The summed E-state index contributed by atoms with van der Waals surface area (Å²) in [5, 5.41) is 1.02. The number of esters is 1. The van der Waals surface area contributed by atoms with Gasteiger partial charge in [-0.2, -0.15) is 0 Å². The predicted octanol–water partition coefficient (Wildman–Crippen LogP) is 2.98. The fourth-order valence-electron chi connectivity index (χ4n) is 4.65. The van der Waals surface area contributed by atoms with E-state index in [1.165, 1.54) is 7.11 Å². The van der Waals surface area contributed by atoms with Crippen molar-refractivity contribution in [3.8, 4) is 0 Å². The lowest BCUT2D eigenvalue weighted by molar-refractivity contribution is -0.150. The molecule has 1 saturated carbocycles. The van der Waals surface area contributed by atoms with Crippen LogP contribution in [-0.2, 0) is 22.0 Å². The molecule has 2 aromatic rings. The standard InChI is InChI=1S/C18H19NO3/c1-19-13-9-4-3-7-11(13)14-15(19)16(20)12-8-5-6-10-18(12,14)17(21)22-2/h3-4,7,9,12H,5-6,8,10H2,1-2H3/t12-,18+/m1/s1. The van der Waals surface area contributed by atoms with E-state index in [0.29, 0.717) is 12.1 Å². The molecule has 0 bridgehead atoms. The number of Topliss-reactive ketones (excluding diaryl/α,β-unsaturated/α-hetero) is 1. The molecule has 2 aliphatic rings. The van der Waals surface area contributed by atoms with E-state index in [1.807, 2.05) is 35.9 Å². The Morgan fingerprint density at radius 1 is 1.32 bits per heavy atom. The molecule has 4 nitrogen and oxygen atoms in total. The van der Waals surface area contributed by atoms with Crippen LogP contribution in [0.3, 0.4) is 0 Å². The number of benzene rings is 1. The lowest BCUT2D eigenvalue weighted by atomic mass is 9.65. The normalized spacial score (nSPS) is 26.8. The van der Waals surface area contributed by atoms with Gasteiger partial charge in [0, 0.05) is 29.4 Å². The highest BCUT2D eigenvalue weighted by molar-refractivity contribution is 6.14. The molecule has 4 rings (SSSR count). The third kappa shape index (κ3) is 1.38. The van der Waals surface area contributed by atoms with Gasteiger partial charge in [-0.15, -0.1) is 0 Å². The second-order valence-corrected chi connectivity index (χ2v) is 6.43. The van der Waals surface area contributed by atoms with Crippen molar-refractivity contribution in [2.75, 3.05) is 7.11 Å². The molecular formula is C18H19NO3. The maximum atomic E-state index is 13.0. The molecule has 0 saturated heterocycles. The summed E-state index contributed by atoms with van der Waals surface area (Å²) in [6.45, 7) is 0. The van der Waals surface area contributed by atoms with Gasteiger partial charge in [0.15, 0.2) is 5.78 Å². The predicted molar refractivity (Wildman–Crippen MR) is 82.9 cm³/mol. The zero-order valence-electron chi connectivity index (χ0n) is 12.9. The van der Waals surface area contributed by atoms with Crippen LogP contribution < -0.4 is 0 Å². The lowest BCUT2D eigenvalue weighted by Gasteiger charge is -2.36. The highest BCUT2D eigenvalue weighted by Crippen LogP contribution is 2.55. The zero-order chi connectivity index (χ0) is 15.5. The second kappa shape index (κ2) is 4.45. The van der Waals surface area contributed by atoms with Crippen LogP contribution in [0.15, 0.2) is 24.3 Å². The molecule has 1 aromatic heterocycles. The van der Waals surface area contributed by atoms with Crippen molar-refractivity contribution >= 4 is 22.7 Å². The number of carbonyl (C=O) groups excluding carboxylic acids is 2. The third-order valence-corrected chi connectivity index (χ3v) is 5.56. The van der Waals surface area contributed by atoms with Gasteiger partial charge in [-0.3, -0.25) is 9.59 Å². The summed E-state index contributed by atoms with van der Waals surface area (Å²) in [7, 11) is 3.34. The molecule has 0 radical (unpaired) electrons. The average Bonchev–Trinajstić information content (AvgIpc) is 3.01. The van der Waals surface area contributed by atoms with Crippen molar-refractivity contribution in [3.05, 3.63) is 35.5 Å². The SMILES string of the molecule is COC(=O)[C@@]12CCCC[C@@H]1C(=O)c1c2c2ccccc2n1C. The zero-order valence-corrected chi connectivity index (χ0v) is 12.9. The molecule has 1 aromatic carbocycles. The van der Waals surface area contributed by atoms with Crippen LogP contribution >= 0.6 is 0 Å². The molecule has 1 heterocycles. The van der Waals surface area contributed by atoms with E-state index in [0.717, 1.165) is 35.7 Å². The van der Waals surface area contributed by atoms with Crippen molar-refractivity contribution in [2.24, 2.45) is 13.0 Å². The minimum absolute atomic E-state index is 0.110. The number of ether oxygens (including phenoxy) is 1. The number of hydrogen-bond acceptors (Lipinski definition) is 3. The first kappa shape index (κ1) is 13.6. The van der Waals surface area contributed by atoms with E-state index in [9.17, 15) is 9.59 Å². The van der Waals surface area contributed by atoms with Crippen molar-refractivity contribution in [2.45, 2.75) is 31.1 Å². The number of rotatable bonds is 1. The van der Waals surface area contributed by atoms with Crippen LogP contribution in [0, 0.1) is 5.92 Å². The molecule has 1 fully saturated rings. The van der Waals surface area contributed by atoms with Crippen molar-refractivity contribution in [1.29, 1.82) is 0 Å². The van der Waals surface area contributed by atoms with E-state index in [1.54, 1.807) is 0 Å². The van der Waals surface area contributed by atoms with E-state index >= 15 is 0 Å². The quantitative estimate of drug-likeness (QED) is 0.760. The Balaban J connectivity index is 2.11. The third-order valence-electron chi connectivity index (χ3n) is 5.56. The molecule has 22 heavy (non-hydrogen) atoms. The first-order valence-electron chi connectivity index (χ1n) is 7.83. The van der Waals surface area contributed by atoms with Gasteiger partial charge in [0.05, 0.1) is 12.8 Å².